The number of pyridine rings is 1. The second-order valence-corrected chi connectivity index (χ2v) is 9.69. The van der Waals surface area contributed by atoms with E-state index in [1.165, 1.54) is 6.92 Å². The number of rotatable bonds is 5. The van der Waals surface area contributed by atoms with E-state index in [0.717, 1.165) is 39.7 Å². The van der Waals surface area contributed by atoms with Crippen LogP contribution in [0.15, 0.2) is 79.0 Å². The molecule has 1 aliphatic rings. The molecule has 182 valence electrons. The minimum Gasteiger partial charge on any atom is -0.351 e. The van der Waals surface area contributed by atoms with Gasteiger partial charge in [-0.3, -0.25) is 9.78 Å². The van der Waals surface area contributed by atoms with Gasteiger partial charge < -0.3 is 20.1 Å². The van der Waals surface area contributed by atoms with Crippen LogP contribution in [-0.2, 0) is 4.79 Å². The topological polar surface area (TPSA) is 62.2 Å². The van der Waals surface area contributed by atoms with Gasteiger partial charge in [0.2, 0.25) is 5.91 Å². The molecule has 1 fully saturated rings. The number of carbonyl (C=O) groups is 1. The SMILES string of the molecule is CC(=O)Nc1ccc(N2C(=S)N[C@H](c3ccccn3)[C@H]2c2cc(C)n(-c3cccc(Cl)c3)c2C)cc1. The molecule has 0 radical (unpaired) electrons. The molecule has 2 aromatic carbocycles. The van der Waals surface area contributed by atoms with E-state index in [1.807, 2.05) is 60.7 Å². The highest BCUT2D eigenvalue weighted by atomic mass is 35.5. The minimum absolute atomic E-state index is 0.109. The van der Waals surface area contributed by atoms with Gasteiger partial charge in [-0.1, -0.05) is 23.7 Å². The summed E-state index contributed by atoms with van der Waals surface area (Å²) >= 11 is 12.2. The highest BCUT2D eigenvalue weighted by Crippen LogP contribution is 2.44. The molecule has 3 heterocycles. The number of nitrogens with zero attached hydrogens (tertiary/aromatic N) is 3. The Morgan fingerprint density at radius 1 is 1.03 bits per heavy atom. The lowest BCUT2D eigenvalue weighted by Crippen LogP contribution is -2.29. The molecule has 1 saturated heterocycles. The first-order valence-electron chi connectivity index (χ1n) is 11.7. The van der Waals surface area contributed by atoms with Crippen molar-refractivity contribution in [2.45, 2.75) is 32.9 Å². The molecule has 6 nitrogen and oxygen atoms in total. The highest BCUT2D eigenvalue weighted by molar-refractivity contribution is 7.80. The van der Waals surface area contributed by atoms with Gasteiger partial charge in [-0.05, 0) is 92.3 Å². The first kappa shape index (κ1) is 24.0. The molecule has 2 aromatic heterocycles. The molecule has 8 heteroatoms. The Hall–Kier alpha value is -3.68. The smallest absolute Gasteiger partial charge is 0.221 e. The number of nitrogens with one attached hydrogen (secondary N) is 2. The van der Waals surface area contributed by atoms with Crippen molar-refractivity contribution in [3.8, 4) is 5.69 Å². The van der Waals surface area contributed by atoms with Crippen molar-refractivity contribution in [3.05, 3.63) is 107 Å². The maximum atomic E-state index is 11.5. The largest absolute Gasteiger partial charge is 0.351 e. The van der Waals surface area contributed by atoms with Crippen molar-refractivity contribution >= 4 is 46.2 Å². The van der Waals surface area contributed by atoms with Gasteiger partial charge in [0.25, 0.3) is 0 Å². The zero-order valence-corrected chi connectivity index (χ0v) is 21.8. The van der Waals surface area contributed by atoms with Crippen LogP contribution in [0.5, 0.6) is 0 Å². The Labute approximate surface area is 220 Å². The number of hydrogen-bond donors (Lipinski definition) is 2. The Morgan fingerprint density at radius 2 is 1.81 bits per heavy atom. The lowest BCUT2D eigenvalue weighted by atomic mass is 9.96. The molecule has 1 amide bonds. The molecule has 0 unspecified atom stereocenters. The summed E-state index contributed by atoms with van der Waals surface area (Å²) in [7, 11) is 0. The van der Waals surface area contributed by atoms with Gasteiger partial charge in [-0.2, -0.15) is 0 Å². The van der Waals surface area contributed by atoms with E-state index in [9.17, 15) is 4.79 Å². The van der Waals surface area contributed by atoms with Gasteiger partial charge in [0, 0.05) is 46.6 Å². The molecule has 36 heavy (non-hydrogen) atoms. The zero-order chi connectivity index (χ0) is 25.4. The number of carbonyl (C=O) groups excluding carboxylic acids is 1. The van der Waals surface area contributed by atoms with E-state index in [2.05, 4.69) is 51.1 Å². The molecular formula is C28H26ClN5OS. The summed E-state index contributed by atoms with van der Waals surface area (Å²) in [6.07, 6.45) is 1.80. The monoisotopic (exact) mass is 515 g/mol. The summed E-state index contributed by atoms with van der Waals surface area (Å²) in [4.78, 5) is 18.3. The third-order valence-corrected chi connectivity index (χ3v) is 6.97. The quantitative estimate of drug-likeness (QED) is 0.306. The van der Waals surface area contributed by atoms with Crippen LogP contribution in [0, 0.1) is 13.8 Å². The molecule has 0 bridgehead atoms. The van der Waals surface area contributed by atoms with Crippen LogP contribution in [0.4, 0.5) is 11.4 Å². The Morgan fingerprint density at radius 3 is 2.47 bits per heavy atom. The van der Waals surface area contributed by atoms with Crippen molar-refractivity contribution in [2.75, 3.05) is 10.2 Å². The van der Waals surface area contributed by atoms with Gasteiger partial charge in [0.05, 0.1) is 17.8 Å². The van der Waals surface area contributed by atoms with Crippen LogP contribution in [0.2, 0.25) is 5.02 Å². The third kappa shape index (κ3) is 4.47. The van der Waals surface area contributed by atoms with Crippen LogP contribution in [0.3, 0.4) is 0 Å². The van der Waals surface area contributed by atoms with Gasteiger partial charge in [0.15, 0.2) is 5.11 Å². The van der Waals surface area contributed by atoms with Crippen molar-refractivity contribution < 1.29 is 4.79 Å². The summed E-state index contributed by atoms with van der Waals surface area (Å²) in [6.45, 7) is 5.72. The molecule has 4 aromatic rings. The van der Waals surface area contributed by atoms with E-state index >= 15 is 0 Å². The molecule has 2 atom stereocenters. The van der Waals surface area contributed by atoms with Crippen LogP contribution in [0.25, 0.3) is 5.69 Å². The standard InChI is InChI=1S/C28H26ClN5OS/c1-17-15-24(18(2)33(17)23-8-6-7-20(29)16-23)27-26(25-9-4-5-14-30-25)32-28(36)34(27)22-12-10-21(11-13-22)31-19(3)35/h4-16,26-27H,1-3H3,(H,31,35)(H,32,36)/t26-,27-/m1/s1. The van der Waals surface area contributed by atoms with E-state index in [-0.39, 0.29) is 18.0 Å². The fourth-order valence-electron chi connectivity index (χ4n) is 4.96. The number of halogens is 1. The van der Waals surface area contributed by atoms with Crippen molar-refractivity contribution in [1.29, 1.82) is 0 Å². The predicted molar refractivity (Wildman–Crippen MR) is 149 cm³/mol. The molecule has 1 aliphatic heterocycles. The Balaban J connectivity index is 1.63. The fraction of sp³-hybridized carbons (Fsp3) is 0.179. The normalized spacial score (nSPS) is 17.2. The summed E-state index contributed by atoms with van der Waals surface area (Å²) in [6, 6.07) is 23.4. The van der Waals surface area contributed by atoms with E-state index in [1.54, 1.807) is 6.20 Å². The molecular weight excluding hydrogens is 490 g/mol. The number of aromatic nitrogens is 2. The van der Waals surface area contributed by atoms with Crippen LogP contribution < -0.4 is 15.5 Å². The molecule has 2 N–H and O–H groups in total. The van der Waals surface area contributed by atoms with E-state index < -0.39 is 0 Å². The van der Waals surface area contributed by atoms with Crippen LogP contribution in [0.1, 0.15) is 41.7 Å². The molecule has 0 spiro atoms. The third-order valence-electron chi connectivity index (χ3n) is 6.42. The summed E-state index contributed by atoms with van der Waals surface area (Å²) in [5.41, 5.74) is 6.93. The summed E-state index contributed by atoms with van der Waals surface area (Å²) < 4.78 is 2.22. The first-order valence-corrected chi connectivity index (χ1v) is 12.4. The van der Waals surface area contributed by atoms with Gasteiger partial charge in [-0.25, -0.2) is 0 Å². The van der Waals surface area contributed by atoms with Crippen molar-refractivity contribution in [3.63, 3.8) is 0 Å². The number of hydrogen-bond acceptors (Lipinski definition) is 3. The number of aryl methyl sites for hydroxylation is 1. The number of anilines is 2. The predicted octanol–water partition coefficient (Wildman–Crippen LogP) is 6.28. The van der Waals surface area contributed by atoms with Crippen molar-refractivity contribution in [1.82, 2.24) is 14.9 Å². The number of amides is 1. The maximum Gasteiger partial charge on any atom is 0.221 e. The molecule has 5 rings (SSSR count). The van der Waals surface area contributed by atoms with Gasteiger partial charge in [0.1, 0.15) is 0 Å². The average molecular weight is 516 g/mol. The lowest BCUT2D eigenvalue weighted by molar-refractivity contribution is -0.114. The second kappa shape index (κ2) is 9.76. The summed E-state index contributed by atoms with van der Waals surface area (Å²) in [5.74, 6) is -0.109. The van der Waals surface area contributed by atoms with Crippen LogP contribution >= 0.6 is 23.8 Å². The Bertz CT molecular complexity index is 1430. The number of thiocarbonyl (C=S) groups is 1. The average Bonchev–Trinajstić information content (AvgIpc) is 3.35. The maximum absolute atomic E-state index is 11.5. The van der Waals surface area contributed by atoms with Crippen molar-refractivity contribution in [2.24, 2.45) is 0 Å². The second-order valence-electron chi connectivity index (χ2n) is 8.87. The van der Waals surface area contributed by atoms with E-state index in [0.29, 0.717) is 10.1 Å². The van der Waals surface area contributed by atoms with E-state index in [4.69, 9.17) is 23.8 Å². The van der Waals surface area contributed by atoms with Gasteiger partial charge in [-0.15, -0.1) is 0 Å². The molecule has 0 aliphatic carbocycles. The zero-order valence-electron chi connectivity index (χ0n) is 20.2. The van der Waals surface area contributed by atoms with Crippen LogP contribution in [-0.4, -0.2) is 20.6 Å². The highest BCUT2D eigenvalue weighted by Gasteiger charge is 2.42. The number of benzene rings is 2. The lowest BCUT2D eigenvalue weighted by Gasteiger charge is -2.28. The molecule has 0 saturated carbocycles. The first-order chi connectivity index (χ1) is 17.3. The minimum atomic E-state index is -0.151. The Kier molecular flexibility index (Phi) is 6.51. The van der Waals surface area contributed by atoms with Gasteiger partial charge >= 0.3 is 0 Å². The summed E-state index contributed by atoms with van der Waals surface area (Å²) in [5, 5.41) is 7.65. The fourth-order valence-corrected chi connectivity index (χ4v) is 5.49.